The van der Waals surface area contributed by atoms with Crippen molar-refractivity contribution >= 4 is 37.8 Å². The van der Waals surface area contributed by atoms with Crippen LogP contribution < -0.4 is 10.0 Å². The third kappa shape index (κ3) is 7.48. The Morgan fingerprint density at radius 2 is 1.79 bits per heavy atom. The maximum absolute atomic E-state index is 13.2. The Bertz CT molecular complexity index is 1330. The summed E-state index contributed by atoms with van der Waals surface area (Å²) in [5.74, 6) is -1.07. The van der Waals surface area contributed by atoms with Gasteiger partial charge < -0.3 is 9.73 Å². The monoisotopic (exact) mass is 577 g/mol. The van der Waals surface area contributed by atoms with Crippen LogP contribution in [0.15, 0.2) is 28.9 Å². The molecule has 1 aliphatic heterocycles. The van der Waals surface area contributed by atoms with Crippen molar-refractivity contribution in [3.8, 4) is 0 Å². The Balaban J connectivity index is 1.68. The van der Waals surface area contributed by atoms with Crippen LogP contribution in [0.5, 0.6) is 0 Å². The van der Waals surface area contributed by atoms with Gasteiger partial charge in [-0.05, 0) is 30.4 Å². The minimum Gasteiger partial charge on any atom is -0.431 e. The first-order valence-electron chi connectivity index (χ1n) is 12.3. The number of halogens is 2. The average Bonchev–Trinajstić information content (AvgIpc) is 3.15. The molecule has 0 radical (unpaired) electrons. The summed E-state index contributed by atoms with van der Waals surface area (Å²) in [6, 6.07) is 3.98. The molecular weight excluding hydrogens is 544 g/mol. The number of sulfonamides is 1. The molecule has 0 bridgehead atoms. The summed E-state index contributed by atoms with van der Waals surface area (Å²) in [6.45, 7) is 5.74. The second-order valence-corrected chi connectivity index (χ2v) is 13.0. The van der Waals surface area contributed by atoms with E-state index < -0.39 is 32.6 Å². The highest BCUT2D eigenvalue weighted by molar-refractivity contribution is 7.89. The van der Waals surface area contributed by atoms with Gasteiger partial charge in [-0.2, -0.15) is 17.7 Å². The van der Waals surface area contributed by atoms with Crippen molar-refractivity contribution in [1.82, 2.24) is 18.3 Å². The first-order chi connectivity index (χ1) is 17.8. The number of carbonyl (C=O) groups excluding carboxylic acids is 1. The number of anilines is 2. The van der Waals surface area contributed by atoms with E-state index in [2.05, 4.69) is 10.3 Å². The number of unbranched alkanes of at least 4 members (excludes halogenated alkanes) is 1. The lowest BCUT2D eigenvalue weighted by Gasteiger charge is -2.21. The molecule has 0 aliphatic carbocycles. The molecule has 2 heterocycles. The highest BCUT2D eigenvalue weighted by atomic mass is 32.2. The van der Waals surface area contributed by atoms with Crippen molar-refractivity contribution in [3.05, 3.63) is 41.3 Å². The number of carbonyl (C=O) groups is 1. The number of nitrogens with zero attached hydrogens (tertiary/aromatic N) is 3. The van der Waals surface area contributed by atoms with Crippen LogP contribution in [0.3, 0.4) is 0 Å². The van der Waals surface area contributed by atoms with E-state index in [0.29, 0.717) is 17.7 Å². The van der Waals surface area contributed by atoms with E-state index in [9.17, 15) is 30.4 Å². The van der Waals surface area contributed by atoms with E-state index in [4.69, 9.17) is 4.42 Å². The molecule has 1 aromatic heterocycles. The van der Waals surface area contributed by atoms with E-state index in [-0.39, 0.29) is 61.5 Å². The summed E-state index contributed by atoms with van der Waals surface area (Å²) >= 11 is 0. The fourth-order valence-corrected chi connectivity index (χ4v) is 6.79. The van der Waals surface area contributed by atoms with Crippen LogP contribution in [0.2, 0.25) is 0 Å². The maximum atomic E-state index is 13.2. The van der Waals surface area contributed by atoms with Crippen LogP contribution in [0.4, 0.5) is 20.5 Å². The van der Waals surface area contributed by atoms with Crippen LogP contribution >= 0.6 is 0 Å². The van der Waals surface area contributed by atoms with Crippen LogP contribution in [0.1, 0.15) is 74.0 Å². The van der Waals surface area contributed by atoms with Crippen molar-refractivity contribution in [2.75, 3.05) is 37.2 Å². The lowest BCUT2D eigenvalue weighted by atomic mass is 9.99. The molecule has 15 heteroatoms. The predicted octanol–water partition coefficient (Wildman–Crippen LogP) is 3.59. The summed E-state index contributed by atoms with van der Waals surface area (Å²) in [7, 11) is -7.79. The number of amides is 1. The number of alkyl halides is 2. The van der Waals surface area contributed by atoms with E-state index >= 15 is 0 Å². The number of benzene rings is 1. The number of hydrogen-bond donors (Lipinski definition) is 2. The second kappa shape index (κ2) is 12.5. The molecule has 2 N–H and O–H groups in total. The number of oxazole rings is 1. The summed E-state index contributed by atoms with van der Waals surface area (Å²) in [5, 5.41) is 2.78. The van der Waals surface area contributed by atoms with Gasteiger partial charge in [0.05, 0.1) is 5.75 Å². The number of aromatic nitrogens is 1. The average molecular weight is 578 g/mol. The maximum Gasteiger partial charge on any atom is 0.304 e. The minimum atomic E-state index is -4.30. The second-order valence-electron chi connectivity index (χ2n) is 9.22. The standard InChI is InChI=1S/C23H33F2N5O6S2/c1-4-5-13-37(32,33)29-9-6-10-30(12-11-29)38(34,35)28-22(31)20-15-36-23(27-20)26-19-14-17(21(24)25)7-8-18(19)16(2)3/h7-8,14-16,21H,4-6,9-13H2,1-3H3,(H,26,27)(H,28,31). The van der Waals surface area contributed by atoms with Crippen LogP contribution in [0.25, 0.3) is 0 Å². The summed E-state index contributed by atoms with van der Waals surface area (Å²) in [5.41, 5.74) is 0.489. The molecule has 38 heavy (non-hydrogen) atoms. The zero-order valence-electron chi connectivity index (χ0n) is 21.5. The molecule has 0 saturated carbocycles. The van der Waals surface area contributed by atoms with Crippen molar-refractivity contribution in [2.24, 2.45) is 0 Å². The van der Waals surface area contributed by atoms with Gasteiger partial charge in [-0.3, -0.25) is 4.79 Å². The number of nitrogens with one attached hydrogen (secondary N) is 2. The molecule has 1 fully saturated rings. The Labute approximate surface area is 221 Å². The fourth-order valence-electron chi connectivity index (χ4n) is 3.95. The van der Waals surface area contributed by atoms with Gasteiger partial charge in [-0.25, -0.2) is 26.2 Å². The van der Waals surface area contributed by atoms with Crippen LogP contribution in [0, 0.1) is 0 Å². The van der Waals surface area contributed by atoms with E-state index in [1.54, 1.807) is 6.07 Å². The van der Waals surface area contributed by atoms with Crippen molar-refractivity contribution in [2.45, 2.75) is 52.4 Å². The number of rotatable bonds is 11. The Morgan fingerprint density at radius 1 is 1.11 bits per heavy atom. The lowest BCUT2D eigenvalue weighted by molar-refractivity contribution is 0.0974. The molecule has 0 spiro atoms. The van der Waals surface area contributed by atoms with Gasteiger partial charge in [0.25, 0.3) is 18.3 Å². The smallest absolute Gasteiger partial charge is 0.304 e. The van der Waals surface area contributed by atoms with Gasteiger partial charge in [-0.15, -0.1) is 0 Å². The largest absolute Gasteiger partial charge is 0.431 e. The summed E-state index contributed by atoms with van der Waals surface area (Å²) in [4.78, 5) is 16.6. The normalized spacial score (nSPS) is 16.1. The molecule has 1 amide bonds. The summed E-state index contributed by atoms with van der Waals surface area (Å²) in [6.07, 6.45) is -0.227. The molecular formula is C23H33F2N5O6S2. The van der Waals surface area contributed by atoms with Crippen molar-refractivity contribution in [3.63, 3.8) is 0 Å². The molecule has 3 rings (SSSR count). The zero-order valence-corrected chi connectivity index (χ0v) is 23.1. The topological polar surface area (TPSA) is 142 Å². The predicted molar refractivity (Wildman–Crippen MR) is 138 cm³/mol. The van der Waals surface area contributed by atoms with Gasteiger partial charge in [0.15, 0.2) is 5.69 Å². The Hall–Kier alpha value is -2.62. The van der Waals surface area contributed by atoms with Gasteiger partial charge in [0, 0.05) is 37.4 Å². The van der Waals surface area contributed by atoms with Crippen LogP contribution in [-0.2, 0) is 20.2 Å². The van der Waals surface area contributed by atoms with Crippen molar-refractivity contribution in [1.29, 1.82) is 0 Å². The zero-order chi connectivity index (χ0) is 28.1. The van der Waals surface area contributed by atoms with Gasteiger partial charge in [-0.1, -0.05) is 39.3 Å². The molecule has 2 aromatic rings. The van der Waals surface area contributed by atoms with Gasteiger partial charge in [0.2, 0.25) is 10.0 Å². The molecule has 1 aromatic carbocycles. The highest BCUT2D eigenvalue weighted by Crippen LogP contribution is 2.31. The van der Waals surface area contributed by atoms with Crippen LogP contribution in [-0.4, -0.2) is 68.3 Å². The third-order valence-corrected chi connectivity index (χ3v) is 9.50. The Morgan fingerprint density at radius 3 is 2.45 bits per heavy atom. The Kier molecular flexibility index (Phi) is 9.84. The van der Waals surface area contributed by atoms with Gasteiger partial charge in [0.1, 0.15) is 6.26 Å². The molecule has 11 nitrogen and oxygen atoms in total. The minimum absolute atomic E-state index is 0.000601. The first-order valence-corrected chi connectivity index (χ1v) is 15.3. The fraction of sp³-hybridized carbons (Fsp3) is 0.565. The highest BCUT2D eigenvalue weighted by Gasteiger charge is 2.31. The van der Waals surface area contributed by atoms with E-state index in [1.165, 1.54) is 16.4 Å². The molecule has 0 unspecified atom stereocenters. The number of hydrogen-bond acceptors (Lipinski definition) is 8. The quantitative estimate of drug-likeness (QED) is 0.413. The SMILES string of the molecule is CCCCS(=O)(=O)N1CCCN(S(=O)(=O)NC(=O)c2coc(Nc3cc(C(F)F)ccc3C(C)C)n2)CC1. The third-order valence-electron chi connectivity index (χ3n) is 6.05. The lowest BCUT2D eigenvalue weighted by Crippen LogP contribution is -2.45. The molecule has 0 atom stereocenters. The van der Waals surface area contributed by atoms with Crippen molar-refractivity contribution < 1.29 is 34.8 Å². The van der Waals surface area contributed by atoms with E-state index in [1.807, 2.05) is 25.5 Å². The summed E-state index contributed by atoms with van der Waals surface area (Å²) < 4.78 is 86.5. The molecule has 212 valence electrons. The molecule has 1 aliphatic rings. The van der Waals surface area contributed by atoms with Gasteiger partial charge >= 0.3 is 10.2 Å². The molecule has 1 saturated heterocycles. The first kappa shape index (κ1) is 29.9. The van der Waals surface area contributed by atoms with E-state index in [0.717, 1.165) is 17.0 Å².